The Labute approximate surface area is 433 Å². The molecule has 0 radical (unpaired) electrons. The summed E-state index contributed by atoms with van der Waals surface area (Å²) in [6.07, 6.45) is 3.97. The standard InChI is InChI=1S/C59H92N2O10P/c1-11-50-59(8,68)54(65)45(6)61(40-41(2)39-58(7,67)55(43(4)52(63)44(5)56(66)70-50)71-57-53(64)49(60(9)10)38-42(3)69-57)51(62)36-28-17-15-13-12-14-16-18-29-37-72(46-30-22-19-23-31-46,47-32-24-20-25-33-47)48-34-26-21-27-35-48/h19-27,30-35,41-45,49-50,52-55,57,63-65,67-68H,11-18,28-29,36-40H2,1-10H3/q+1/t41?,42?,43?,44?,45?,49-,50+,52-,53+,54+,55+,57-,58+,59+/m0/s1. The van der Waals surface area contributed by atoms with Gasteiger partial charge in [-0.2, -0.15) is 0 Å². The summed E-state index contributed by atoms with van der Waals surface area (Å²) in [7, 11) is 1.91. The Balaban J connectivity index is 1.21. The zero-order valence-corrected chi connectivity index (χ0v) is 46.2. The summed E-state index contributed by atoms with van der Waals surface area (Å²) in [5, 5.41) is 63.8. The number of aliphatic hydroxyl groups excluding tert-OH is 3. The fourth-order valence-corrected chi connectivity index (χ4v) is 16.1. The summed E-state index contributed by atoms with van der Waals surface area (Å²) in [6, 6.07) is 32.0. The second kappa shape index (κ2) is 27.5. The average Bonchev–Trinajstić information content (AvgIpc) is 3.36. The number of amides is 1. The molecule has 2 saturated heterocycles. The summed E-state index contributed by atoms with van der Waals surface area (Å²) in [6.45, 7) is 13.6. The van der Waals surface area contributed by atoms with E-state index >= 15 is 0 Å². The number of esters is 1. The molecule has 2 aliphatic heterocycles. The Morgan fingerprint density at radius 2 is 1.24 bits per heavy atom. The van der Waals surface area contributed by atoms with Crippen molar-refractivity contribution >= 4 is 35.1 Å². The monoisotopic (exact) mass is 1020 g/mol. The van der Waals surface area contributed by atoms with Crippen LogP contribution in [0.15, 0.2) is 91.0 Å². The van der Waals surface area contributed by atoms with Gasteiger partial charge < -0.3 is 49.5 Å². The molecule has 5 rings (SSSR count). The minimum absolute atomic E-state index is 0.0963. The lowest BCUT2D eigenvalue weighted by Crippen LogP contribution is -2.60. The van der Waals surface area contributed by atoms with E-state index in [4.69, 9.17) is 14.2 Å². The van der Waals surface area contributed by atoms with Crippen molar-refractivity contribution in [2.75, 3.05) is 26.8 Å². The second-order valence-corrected chi connectivity index (χ2v) is 25.8. The highest BCUT2D eigenvalue weighted by atomic mass is 31.2. The van der Waals surface area contributed by atoms with Crippen molar-refractivity contribution in [2.24, 2.45) is 17.8 Å². The SMILES string of the molecule is CC[C@H]1OC(=O)C(C)[C@@H](O)C(C)[C@@H](O[C@@H]2OC(C)C[C@H](N(C)C)[C@H]2O)[C@](C)(O)CC(C)CN(C(=O)CCCCCCCCCCC[P+](c2ccccc2)(c2ccccc2)c2ccccc2)C(C)[C@@H](O)[C@]1(C)O. The highest BCUT2D eigenvalue weighted by molar-refractivity contribution is 7.95. The average molecular weight is 1020 g/mol. The highest BCUT2D eigenvalue weighted by Gasteiger charge is 2.51. The van der Waals surface area contributed by atoms with Crippen LogP contribution in [0.2, 0.25) is 0 Å². The summed E-state index contributed by atoms with van der Waals surface area (Å²) in [5.74, 6) is -3.32. The molecule has 14 atom stereocenters. The van der Waals surface area contributed by atoms with E-state index in [2.05, 4.69) is 91.0 Å². The largest absolute Gasteiger partial charge is 0.459 e. The molecule has 0 aromatic heterocycles. The van der Waals surface area contributed by atoms with E-state index in [-0.39, 0.29) is 49.8 Å². The van der Waals surface area contributed by atoms with Gasteiger partial charge in [-0.05, 0) is 130 Å². The number of carbonyl (C=O) groups excluding carboxylic acids is 2. The first-order valence-corrected chi connectivity index (χ1v) is 29.2. The number of cyclic esters (lactones) is 1. The van der Waals surface area contributed by atoms with Crippen LogP contribution in [0.1, 0.15) is 139 Å². The van der Waals surface area contributed by atoms with Crippen LogP contribution in [0.3, 0.4) is 0 Å². The number of nitrogens with zero attached hydrogens (tertiary/aromatic N) is 2. The number of rotatable bonds is 19. The smallest absolute Gasteiger partial charge is 0.311 e. The van der Waals surface area contributed by atoms with Gasteiger partial charge in [0.2, 0.25) is 5.91 Å². The van der Waals surface area contributed by atoms with Crippen LogP contribution in [0.5, 0.6) is 0 Å². The number of likely N-dealkylation sites (N-methyl/N-ethyl adjacent to an activating group) is 1. The number of ether oxygens (including phenoxy) is 3. The molecule has 3 aromatic rings. The first-order valence-electron chi connectivity index (χ1n) is 27.2. The van der Waals surface area contributed by atoms with Crippen molar-refractivity contribution in [2.45, 2.75) is 205 Å². The molecule has 5 unspecified atom stereocenters. The Kier molecular flexibility index (Phi) is 22.7. The third-order valence-corrected chi connectivity index (χ3v) is 20.5. The minimum atomic E-state index is -1.95. The highest BCUT2D eigenvalue weighted by Crippen LogP contribution is 2.56. The minimum Gasteiger partial charge on any atom is -0.459 e. The summed E-state index contributed by atoms with van der Waals surface area (Å²) >= 11 is 0. The van der Waals surface area contributed by atoms with Gasteiger partial charge >= 0.3 is 5.97 Å². The third kappa shape index (κ3) is 15.0. The van der Waals surface area contributed by atoms with Gasteiger partial charge in [-0.15, -0.1) is 0 Å². The normalized spacial score (nSPS) is 32.4. The third-order valence-electron chi connectivity index (χ3n) is 16.0. The van der Waals surface area contributed by atoms with E-state index in [9.17, 15) is 35.1 Å². The molecule has 2 fully saturated rings. The van der Waals surface area contributed by atoms with E-state index in [1.54, 1.807) is 32.6 Å². The molecule has 0 aliphatic carbocycles. The lowest BCUT2D eigenvalue weighted by molar-refractivity contribution is -0.299. The van der Waals surface area contributed by atoms with Crippen LogP contribution in [0.25, 0.3) is 0 Å². The van der Waals surface area contributed by atoms with Crippen molar-refractivity contribution in [3.8, 4) is 0 Å². The molecule has 5 N–H and O–H groups in total. The Hall–Kier alpha value is -3.29. The van der Waals surface area contributed by atoms with Gasteiger partial charge in [0, 0.05) is 24.9 Å². The van der Waals surface area contributed by atoms with E-state index in [1.807, 2.05) is 32.8 Å². The topological polar surface area (TPSA) is 169 Å². The van der Waals surface area contributed by atoms with Crippen LogP contribution in [-0.2, 0) is 23.8 Å². The first kappa shape index (κ1) is 59.6. The maximum atomic E-state index is 14.3. The summed E-state index contributed by atoms with van der Waals surface area (Å²) in [5.41, 5.74) is -3.61. The Bertz CT molecular complexity index is 1960. The van der Waals surface area contributed by atoms with E-state index < -0.39 is 79.1 Å². The molecule has 72 heavy (non-hydrogen) atoms. The maximum Gasteiger partial charge on any atom is 0.311 e. The lowest BCUT2D eigenvalue weighted by atomic mass is 9.78. The molecule has 13 heteroatoms. The van der Waals surface area contributed by atoms with Crippen molar-refractivity contribution in [3.05, 3.63) is 91.0 Å². The second-order valence-electron chi connectivity index (χ2n) is 22.2. The number of carbonyl (C=O) groups is 2. The first-order chi connectivity index (χ1) is 34.2. The molecule has 0 saturated carbocycles. The quantitative estimate of drug-likeness (QED) is 0.0452. The number of benzene rings is 3. The molecule has 0 bridgehead atoms. The number of hydrogen-bond donors (Lipinski definition) is 5. The molecule has 1 amide bonds. The fourth-order valence-electron chi connectivity index (χ4n) is 11.7. The maximum absolute atomic E-state index is 14.3. The van der Waals surface area contributed by atoms with E-state index in [0.29, 0.717) is 12.8 Å². The number of unbranched alkanes of at least 4 members (excludes halogenated alkanes) is 8. The molecular weight excluding hydrogens is 928 g/mol. The molecule has 2 heterocycles. The van der Waals surface area contributed by atoms with Crippen LogP contribution < -0.4 is 15.9 Å². The zero-order chi connectivity index (χ0) is 52.8. The van der Waals surface area contributed by atoms with Crippen LogP contribution in [0.4, 0.5) is 0 Å². The predicted molar refractivity (Wildman–Crippen MR) is 290 cm³/mol. The van der Waals surface area contributed by atoms with Gasteiger partial charge in [-0.25, -0.2) is 0 Å². The van der Waals surface area contributed by atoms with Crippen molar-refractivity contribution in [1.82, 2.24) is 9.80 Å². The molecule has 3 aromatic carbocycles. The molecule has 0 spiro atoms. The van der Waals surface area contributed by atoms with Crippen molar-refractivity contribution in [3.63, 3.8) is 0 Å². The van der Waals surface area contributed by atoms with E-state index in [0.717, 1.165) is 44.7 Å². The van der Waals surface area contributed by atoms with Gasteiger partial charge in [0.05, 0.1) is 42.0 Å². The number of hydrogen-bond acceptors (Lipinski definition) is 11. The fraction of sp³-hybridized carbons (Fsp3) is 0.661. The van der Waals surface area contributed by atoms with E-state index in [1.165, 1.54) is 42.6 Å². The molecular formula is C59H92N2O10P+. The van der Waals surface area contributed by atoms with Gasteiger partial charge in [-0.1, -0.05) is 114 Å². The Morgan fingerprint density at radius 1 is 0.750 bits per heavy atom. The molecule has 402 valence electrons. The van der Waals surface area contributed by atoms with Gasteiger partial charge in [0.15, 0.2) is 6.29 Å². The Morgan fingerprint density at radius 3 is 1.72 bits per heavy atom. The van der Waals surface area contributed by atoms with Crippen LogP contribution >= 0.6 is 7.26 Å². The summed E-state index contributed by atoms with van der Waals surface area (Å²) < 4.78 is 18.6. The lowest BCUT2D eigenvalue weighted by Gasteiger charge is -2.46. The van der Waals surface area contributed by atoms with Crippen molar-refractivity contribution < 1.29 is 49.3 Å². The number of aliphatic hydroxyl groups is 5. The molecule has 12 nitrogen and oxygen atoms in total. The predicted octanol–water partition coefficient (Wildman–Crippen LogP) is 7.77. The van der Waals surface area contributed by atoms with Crippen molar-refractivity contribution in [1.29, 1.82) is 0 Å². The van der Waals surface area contributed by atoms with Gasteiger partial charge in [0.1, 0.15) is 47.1 Å². The van der Waals surface area contributed by atoms with Crippen LogP contribution in [-0.4, -0.2) is 140 Å². The zero-order valence-electron chi connectivity index (χ0n) is 45.3. The summed E-state index contributed by atoms with van der Waals surface area (Å²) in [4.78, 5) is 31.6. The molecule has 2 aliphatic rings. The van der Waals surface area contributed by atoms with Gasteiger partial charge in [0.25, 0.3) is 0 Å². The van der Waals surface area contributed by atoms with Crippen LogP contribution in [0, 0.1) is 17.8 Å². The van der Waals surface area contributed by atoms with Gasteiger partial charge in [-0.3, -0.25) is 9.59 Å².